The molecule has 5 heteroatoms. The standard InChI is InChI=1S/C29H35NO4/c1-3-4-5-6-7-8-9-22-10-12-23(13-11-22)16-19-27-28-26(21-33-27)30(29(31)34-28)20-24-14-17-25(32-2)18-15-24/h10-15,17-18,26-28H,3-9,20-21H2,1-2H3/t26-,27-,28-/m0/s1. The van der Waals surface area contributed by atoms with Gasteiger partial charge in [0.1, 0.15) is 5.75 Å². The van der Waals surface area contributed by atoms with Crippen LogP contribution in [0.3, 0.4) is 0 Å². The Labute approximate surface area is 203 Å². The summed E-state index contributed by atoms with van der Waals surface area (Å²) in [4.78, 5) is 14.2. The number of carbonyl (C=O) groups excluding carboxylic acids is 1. The van der Waals surface area contributed by atoms with Crippen molar-refractivity contribution in [2.75, 3.05) is 13.7 Å². The summed E-state index contributed by atoms with van der Waals surface area (Å²) in [6.45, 7) is 3.16. The number of aryl methyl sites for hydroxylation is 1. The Balaban J connectivity index is 1.29. The third-order valence-electron chi connectivity index (χ3n) is 6.64. The van der Waals surface area contributed by atoms with Gasteiger partial charge in [-0.2, -0.15) is 0 Å². The maximum atomic E-state index is 12.5. The van der Waals surface area contributed by atoms with Crippen LogP contribution in [0, 0.1) is 11.8 Å². The highest BCUT2D eigenvalue weighted by molar-refractivity contribution is 5.71. The molecule has 180 valence electrons. The Bertz CT molecular complexity index is 990. The highest BCUT2D eigenvalue weighted by Gasteiger charge is 2.50. The monoisotopic (exact) mass is 461 g/mol. The van der Waals surface area contributed by atoms with Crippen LogP contribution in [-0.2, 0) is 22.4 Å². The molecule has 0 aromatic heterocycles. The van der Waals surface area contributed by atoms with E-state index in [-0.39, 0.29) is 18.2 Å². The number of methoxy groups -OCH3 is 1. The number of carbonyl (C=O) groups is 1. The van der Waals surface area contributed by atoms with Crippen LogP contribution in [-0.4, -0.2) is 43.0 Å². The minimum Gasteiger partial charge on any atom is -0.497 e. The summed E-state index contributed by atoms with van der Waals surface area (Å²) < 4.78 is 16.8. The van der Waals surface area contributed by atoms with E-state index in [1.165, 1.54) is 44.1 Å². The number of benzene rings is 2. The Morgan fingerprint density at radius 2 is 1.68 bits per heavy atom. The molecule has 2 heterocycles. The van der Waals surface area contributed by atoms with E-state index < -0.39 is 6.10 Å². The van der Waals surface area contributed by atoms with E-state index in [9.17, 15) is 4.79 Å². The first-order chi connectivity index (χ1) is 16.7. The van der Waals surface area contributed by atoms with Crippen molar-refractivity contribution < 1.29 is 19.0 Å². The number of ether oxygens (including phenoxy) is 3. The molecule has 0 aliphatic carbocycles. The predicted molar refractivity (Wildman–Crippen MR) is 133 cm³/mol. The van der Waals surface area contributed by atoms with E-state index in [4.69, 9.17) is 14.2 Å². The van der Waals surface area contributed by atoms with Crippen LogP contribution in [0.25, 0.3) is 0 Å². The van der Waals surface area contributed by atoms with Crippen LogP contribution in [0.5, 0.6) is 5.75 Å². The highest BCUT2D eigenvalue weighted by atomic mass is 16.6. The van der Waals surface area contributed by atoms with Crippen molar-refractivity contribution in [3.05, 3.63) is 65.2 Å². The van der Waals surface area contributed by atoms with E-state index in [1.54, 1.807) is 12.0 Å². The van der Waals surface area contributed by atoms with E-state index >= 15 is 0 Å². The zero-order valence-electron chi connectivity index (χ0n) is 20.3. The van der Waals surface area contributed by atoms with Gasteiger partial charge >= 0.3 is 6.09 Å². The van der Waals surface area contributed by atoms with Crippen molar-refractivity contribution in [3.8, 4) is 17.6 Å². The minimum atomic E-state index is -0.405. The summed E-state index contributed by atoms with van der Waals surface area (Å²) in [5, 5.41) is 0. The molecule has 2 fully saturated rings. The fourth-order valence-electron chi connectivity index (χ4n) is 4.57. The highest BCUT2D eigenvalue weighted by Crippen LogP contribution is 2.31. The molecule has 0 bridgehead atoms. The summed E-state index contributed by atoms with van der Waals surface area (Å²) in [5.74, 6) is 7.19. The number of rotatable bonds is 10. The number of amides is 1. The van der Waals surface area contributed by atoms with Gasteiger partial charge in [0.05, 0.1) is 19.8 Å². The first-order valence-electron chi connectivity index (χ1n) is 12.5. The van der Waals surface area contributed by atoms with Gasteiger partial charge in [0.2, 0.25) is 0 Å². The Hall–Kier alpha value is -2.97. The summed E-state index contributed by atoms with van der Waals surface area (Å²) in [5.41, 5.74) is 3.34. The molecule has 3 atom stereocenters. The van der Waals surface area contributed by atoms with Gasteiger partial charge in [0.25, 0.3) is 0 Å². The molecule has 2 aliphatic heterocycles. The number of unbranched alkanes of at least 4 members (excludes halogenated alkanes) is 5. The van der Waals surface area contributed by atoms with E-state index in [1.807, 2.05) is 24.3 Å². The zero-order chi connectivity index (χ0) is 23.8. The van der Waals surface area contributed by atoms with Crippen molar-refractivity contribution in [2.45, 2.75) is 76.7 Å². The molecule has 2 saturated heterocycles. The lowest BCUT2D eigenvalue weighted by molar-refractivity contribution is 0.0583. The van der Waals surface area contributed by atoms with Crippen molar-refractivity contribution >= 4 is 6.09 Å². The average Bonchev–Trinajstić information content (AvgIpc) is 3.40. The van der Waals surface area contributed by atoms with Gasteiger partial charge in [-0.1, -0.05) is 75.1 Å². The second-order valence-electron chi connectivity index (χ2n) is 9.13. The van der Waals surface area contributed by atoms with Gasteiger partial charge in [0.15, 0.2) is 12.2 Å². The molecular weight excluding hydrogens is 426 g/mol. The van der Waals surface area contributed by atoms with E-state index in [2.05, 4.69) is 43.0 Å². The third kappa shape index (κ3) is 6.12. The molecule has 0 saturated carbocycles. The largest absolute Gasteiger partial charge is 0.497 e. The zero-order valence-corrected chi connectivity index (χ0v) is 20.3. The molecular formula is C29H35NO4. The molecule has 5 nitrogen and oxygen atoms in total. The van der Waals surface area contributed by atoms with Crippen LogP contribution in [0.1, 0.15) is 62.1 Å². The number of hydrogen-bond acceptors (Lipinski definition) is 4. The summed E-state index contributed by atoms with van der Waals surface area (Å²) in [6, 6.07) is 16.1. The molecule has 0 N–H and O–H groups in total. The van der Waals surface area contributed by atoms with Crippen LogP contribution in [0.4, 0.5) is 4.79 Å². The first-order valence-corrected chi connectivity index (χ1v) is 12.5. The third-order valence-corrected chi connectivity index (χ3v) is 6.64. The molecule has 34 heavy (non-hydrogen) atoms. The summed E-state index contributed by atoms with van der Waals surface area (Å²) >= 11 is 0. The number of hydrogen-bond donors (Lipinski definition) is 0. The average molecular weight is 462 g/mol. The van der Waals surface area contributed by atoms with Gasteiger partial charge in [-0.15, -0.1) is 0 Å². The van der Waals surface area contributed by atoms with Gasteiger partial charge in [-0.25, -0.2) is 4.79 Å². The SMILES string of the molecule is CCCCCCCCc1ccc(C#C[C@@H]2OC[C@H]3[C@@H]2OC(=O)N3Cc2ccc(OC)cc2)cc1. The van der Waals surface area contributed by atoms with Crippen molar-refractivity contribution in [1.29, 1.82) is 0 Å². The normalized spacial score (nSPS) is 21.1. The summed E-state index contributed by atoms with van der Waals surface area (Å²) in [7, 11) is 1.64. The molecule has 2 aromatic carbocycles. The van der Waals surface area contributed by atoms with Crippen LogP contribution < -0.4 is 4.74 Å². The maximum Gasteiger partial charge on any atom is 0.411 e. The molecule has 4 rings (SSSR count). The van der Waals surface area contributed by atoms with E-state index in [0.29, 0.717) is 13.2 Å². The Kier molecular flexibility index (Phi) is 8.49. The molecule has 2 aromatic rings. The first kappa shape index (κ1) is 24.2. The van der Waals surface area contributed by atoms with Crippen LogP contribution >= 0.6 is 0 Å². The topological polar surface area (TPSA) is 48.0 Å². The smallest absolute Gasteiger partial charge is 0.411 e. The van der Waals surface area contributed by atoms with E-state index in [0.717, 1.165) is 23.3 Å². The molecule has 0 unspecified atom stereocenters. The molecule has 2 aliphatic rings. The fraction of sp³-hybridized carbons (Fsp3) is 0.483. The molecule has 0 radical (unpaired) electrons. The summed E-state index contributed by atoms with van der Waals surface area (Å²) in [6.07, 6.45) is 7.93. The quantitative estimate of drug-likeness (QED) is 0.334. The Morgan fingerprint density at radius 1 is 0.971 bits per heavy atom. The van der Waals surface area contributed by atoms with Gasteiger partial charge in [0, 0.05) is 12.1 Å². The van der Waals surface area contributed by atoms with Gasteiger partial charge in [-0.3, -0.25) is 4.90 Å². The lowest BCUT2D eigenvalue weighted by Crippen LogP contribution is -2.36. The molecule has 0 spiro atoms. The molecule has 1 amide bonds. The van der Waals surface area contributed by atoms with Crippen molar-refractivity contribution in [3.63, 3.8) is 0 Å². The second-order valence-corrected chi connectivity index (χ2v) is 9.13. The van der Waals surface area contributed by atoms with Gasteiger partial charge in [-0.05, 0) is 48.2 Å². The Morgan fingerprint density at radius 3 is 2.41 bits per heavy atom. The maximum absolute atomic E-state index is 12.5. The van der Waals surface area contributed by atoms with Crippen LogP contribution in [0.15, 0.2) is 48.5 Å². The van der Waals surface area contributed by atoms with Crippen molar-refractivity contribution in [1.82, 2.24) is 4.90 Å². The number of nitrogens with zero attached hydrogens (tertiary/aromatic N) is 1. The minimum absolute atomic E-state index is 0.117. The number of fused-ring (bicyclic) bond motifs is 1. The fourth-order valence-corrected chi connectivity index (χ4v) is 4.57. The lowest BCUT2D eigenvalue weighted by Gasteiger charge is -2.19. The predicted octanol–water partition coefficient (Wildman–Crippen LogP) is 5.74. The van der Waals surface area contributed by atoms with Crippen molar-refractivity contribution in [2.24, 2.45) is 0 Å². The van der Waals surface area contributed by atoms with Gasteiger partial charge < -0.3 is 14.2 Å². The van der Waals surface area contributed by atoms with Crippen LogP contribution in [0.2, 0.25) is 0 Å². The second kappa shape index (κ2) is 11.9. The lowest BCUT2D eigenvalue weighted by atomic mass is 10.0.